The lowest BCUT2D eigenvalue weighted by atomic mass is 10.2. The Labute approximate surface area is 131 Å². The van der Waals surface area contributed by atoms with Crippen LogP contribution in [0.5, 0.6) is 5.75 Å². The van der Waals surface area contributed by atoms with Gasteiger partial charge in [0.25, 0.3) is 11.8 Å². The Hall–Kier alpha value is -2.90. The molecule has 2 rings (SSSR count). The minimum atomic E-state index is -0.884. The lowest BCUT2D eigenvalue weighted by Gasteiger charge is -2.15. The molecule has 122 valence electrons. The molecule has 2 amide bonds. The first kappa shape index (κ1) is 16.5. The van der Waals surface area contributed by atoms with Crippen LogP contribution in [0.1, 0.15) is 28.7 Å². The van der Waals surface area contributed by atoms with Crippen LogP contribution >= 0.6 is 0 Å². The van der Waals surface area contributed by atoms with Crippen LogP contribution in [0.25, 0.3) is 0 Å². The fraction of sp³-hybridized carbons (Fsp3) is 0.267. The summed E-state index contributed by atoms with van der Waals surface area (Å²) in [6.07, 6.45) is -0.884. The Balaban J connectivity index is 1.89. The van der Waals surface area contributed by atoms with Gasteiger partial charge in [-0.25, -0.2) is 4.39 Å². The van der Waals surface area contributed by atoms with E-state index in [2.05, 4.69) is 16.0 Å². The molecular formula is C15H16FN3O4. The summed E-state index contributed by atoms with van der Waals surface area (Å²) in [6, 6.07) is 5.25. The monoisotopic (exact) mass is 321 g/mol. The first-order valence-electron chi connectivity index (χ1n) is 6.83. The predicted octanol–water partition coefficient (Wildman–Crippen LogP) is 1.66. The average molecular weight is 321 g/mol. The second-order valence-electron chi connectivity index (χ2n) is 4.86. The van der Waals surface area contributed by atoms with Crippen molar-refractivity contribution in [3.05, 3.63) is 47.1 Å². The van der Waals surface area contributed by atoms with E-state index in [4.69, 9.17) is 9.26 Å². The number of nitrogens with zero attached hydrogens (tertiary/aromatic N) is 1. The largest absolute Gasteiger partial charge is 0.481 e. The molecule has 0 aliphatic carbocycles. The van der Waals surface area contributed by atoms with Crippen molar-refractivity contribution in [3.63, 3.8) is 0 Å². The van der Waals surface area contributed by atoms with E-state index in [0.717, 1.165) is 0 Å². The molecule has 0 fully saturated rings. The number of hydrazine groups is 1. The number of hydrogen-bond donors (Lipinski definition) is 2. The number of aryl methyl sites for hydroxylation is 2. The van der Waals surface area contributed by atoms with Crippen molar-refractivity contribution in [2.75, 3.05) is 0 Å². The summed E-state index contributed by atoms with van der Waals surface area (Å²) in [5, 5.41) is 3.66. The normalized spacial score (nSPS) is 11.7. The van der Waals surface area contributed by atoms with Crippen LogP contribution in [-0.4, -0.2) is 23.1 Å². The number of aromatic nitrogens is 1. The molecule has 1 aromatic carbocycles. The van der Waals surface area contributed by atoms with Gasteiger partial charge in [-0.2, -0.15) is 0 Å². The molecule has 8 heteroatoms. The number of amides is 2. The van der Waals surface area contributed by atoms with Crippen molar-refractivity contribution in [3.8, 4) is 5.75 Å². The van der Waals surface area contributed by atoms with Crippen molar-refractivity contribution in [1.82, 2.24) is 16.0 Å². The second-order valence-corrected chi connectivity index (χ2v) is 4.86. The maximum Gasteiger partial charge on any atom is 0.279 e. The van der Waals surface area contributed by atoms with Crippen LogP contribution in [0.2, 0.25) is 0 Å². The van der Waals surface area contributed by atoms with E-state index >= 15 is 0 Å². The maximum atomic E-state index is 12.8. The third-order valence-corrected chi connectivity index (χ3v) is 3.06. The van der Waals surface area contributed by atoms with Gasteiger partial charge in [-0.05, 0) is 45.0 Å². The van der Waals surface area contributed by atoms with Gasteiger partial charge in [0.2, 0.25) is 0 Å². The Morgan fingerprint density at radius 2 is 1.87 bits per heavy atom. The fourth-order valence-electron chi connectivity index (χ4n) is 1.86. The molecule has 1 aromatic heterocycles. The molecule has 0 saturated carbocycles. The van der Waals surface area contributed by atoms with Gasteiger partial charge < -0.3 is 9.26 Å². The molecule has 1 atom stereocenters. The summed E-state index contributed by atoms with van der Waals surface area (Å²) >= 11 is 0. The van der Waals surface area contributed by atoms with E-state index < -0.39 is 23.7 Å². The second kappa shape index (κ2) is 6.91. The van der Waals surface area contributed by atoms with Gasteiger partial charge in [0.1, 0.15) is 22.9 Å². The van der Waals surface area contributed by atoms with Gasteiger partial charge in [-0.15, -0.1) is 0 Å². The van der Waals surface area contributed by atoms with E-state index in [1.807, 2.05) is 0 Å². The zero-order valence-electron chi connectivity index (χ0n) is 12.8. The quantitative estimate of drug-likeness (QED) is 0.835. The highest BCUT2D eigenvalue weighted by Gasteiger charge is 2.20. The van der Waals surface area contributed by atoms with Crippen LogP contribution in [0.3, 0.4) is 0 Å². The molecule has 0 unspecified atom stereocenters. The van der Waals surface area contributed by atoms with Crippen molar-refractivity contribution >= 4 is 11.8 Å². The minimum Gasteiger partial charge on any atom is -0.481 e. The summed E-state index contributed by atoms with van der Waals surface area (Å²) in [5.41, 5.74) is 5.20. The van der Waals surface area contributed by atoms with Crippen molar-refractivity contribution in [2.24, 2.45) is 0 Å². The van der Waals surface area contributed by atoms with E-state index in [1.165, 1.54) is 31.2 Å². The van der Waals surface area contributed by atoms with Gasteiger partial charge >= 0.3 is 0 Å². The number of nitrogens with one attached hydrogen (secondary N) is 2. The number of halogens is 1. The maximum absolute atomic E-state index is 12.8. The smallest absolute Gasteiger partial charge is 0.279 e. The topological polar surface area (TPSA) is 93.5 Å². The van der Waals surface area contributed by atoms with Gasteiger partial charge in [0.15, 0.2) is 6.10 Å². The molecule has 0 spiro atoms. The molecule has 1 heterocycles. The predicted molar refractivity (Wildman–Crippen MR) is 78.1 cm³/mol. The minimum absolute atomic E-state index is 0.261. The number of ether oxygens (including phenoxy) is 1. The highest BCUT2D eigenvalue weighted by atomic mass is 19.1. The van der Waals surface area contributed by atoms with Crippen molar-refractivity contribution < 1.29 is 23.2 Å². The van der Waals surface area contributed by atoms with Crippen LogP contribution < -0.4 is 15.6 Å². The Morgan fingerprint density at radius 1 is 1.22 bits per heavy atom. The molecule has 0 bridgehead atoms. The Bertz CT molecular complexity index is 693. The fourth-order valence-corrected chi connectivity index (χ4v) is 1.86. The van der Waals surface area contributed by atoms with E-state index in [9.17, 15) is 14.0 Å². The number of hydrogen-bond acceptors (Lipinski definition) is 5. The molecule has 0 aliphatic heterocycles. The Morgan fingerprint density at radius 3 is 2.43 bits per heavy atom. The van der Waals surface area contributed by atoms with Gasteiger partial charge in [0.05, 0.1) is 5.69 Å². The average Bonchev–Trinajstić information content (AvgIpc) is 2.85. The first-order valence-corrected chi connectivity index (χ1v) is 6.83. The summed E-state index contributed by atoms with van der Waals surface area (Å²) in [4.78, 5) is 23.9. The number of carbonyl (C=O) groups is 2. The number of rotatable bonds is 4. The SMILES string of the molecule is Cc1noc(C)c1C(=O)NNC(=O)[C@H](C)Oc1ccc(F)cc1. The molecule has 0 saturated heterocycles. The molecule has 2 aromatic rings. The van der Waals surface area contributed by atoms with Crippen LogP contribution in [-0.2, 0) is 4.79 Å². The molecular weight excluding hydrogens is 305 g/mol. The van der Waals surface area contributed by atoms with Gasteiger partial charge in [0, 0.05) is 0 Å². The van der Waals surface area contributed by atoms with Gasteiger partial charge in [-0.1, -0.05) is 5.16 Å². The van der Waals surface area contributed by atoms with Crippen molar-refractivity contribution in [1.29, 1.82) is 0 Å². The lowest BCUT2D eigenvalue weighted by molar-refractivity contribution is -0.128. The van der Waals surface area contributed by atoms with Crippen molar-refractivity contribution in [2.45, 2.75) is 26.9 Å². The van der Waals surface area contributed by atoms with E-state index in [1.54, 1.807) is 13.8 Å². The highest BCUT2D eigenvalue weighted by Crippen LogP contribution is 2.13. The summed E-state index contributed by atoms with van der Waals surface area (Å²) in [5.74, 6) is -0.810. The van der Waals surface area contributed by atoms with Crippen LogP contribution in [0.15, 0.2) is 28.8 Å². The van der Waals surface area contributed by atoms with E-state index in [-0.39, 0.29) is 5.56 Å². The molecule has 0 radical (unpaired) electrons. The van der Waals surface area contributed by atoms with Crippen LogP contribution in [0.4, 0.5) is 4.39 Å². The highest BCUT2D eigenvalue weighted by molar-refractivity contribution is 5.97. The van der Waals surface area contributed by atoms with Crippen LogP contribution in [0, 0.1) is 19.7 Å². The summed E-state index contributed by atoms with van der Waals surface area (Å²) in [7, 11) is 0. The third-order valence-electron chi connectivity index (χ3n) is 3.06. The molecule has 2 N–H and O–H groups in total. The zero-order chi connectivity index (χ0) is 17.0. The van der Waals surface area contributed by atoms with E-state index in [0.29, 0.717) is 17.2 Å². The molecule has 23 heavy (non-hydrogen) atoms. The summed E-state index contributed by atoms with van der Waals surface area (Å²) in [6.45, 7) is 4.71. The Kier molecular flexibility index (Phi) is 4.95. The molecule has 7 nitrogen and oxygen atoms in total. The zero-order valence-corrected chi connectivity index (χ0v) is 12.8. The molecule has 0 aliphatic rings. The summed E-state index contributed by atoms with van der Waals surface area (Å²) < 4.78 is 23.0. The third kappa shape index (κ3) is 4.06. The number of carbonyl (C=O) groups excluding carboxylic acids is 2. The lowest BCUT2D eigenvalue weighted by Crippen LogP contribution is -2.47. The standard InChI is InChI=1S/C15H16FN3O4/c1-8-13(9(2)23-19-8)15(21)18-17-14(20)10(3)22-12-6-4-11(16)5-7-12/h4-7,10H,1-3H3,(H,17,20)(H,18,21)/t10-/m0/s1. The first-order chi connectivity index (χ1) is 10.9. The van der Waals surface area contributed by atoms with Gasteiger partial charge in [-0.3, -0.25) is 20.4 Å². The number of benzene rings is 1.